The van der Waals surface area contributed by atoms with E-state index in [2.05, 4.69) is 25.5 Å². The topological polar surface area (TPSA) is 82.8 Å². The predicted molar refractivity (Wildman–Crippen MR) is 93.5 cm³/mol. The van der Waals surface area contributed by atoms with Gasteiger partial charge in [0.25, 0.3) is 0 Å². The van der Waals surface area contributed by atoms with Gasteiger partial charge in [-0.05, 0) is 54.1 Å². The lowest BCUT2D eigenvalue weighted by Crippen LogP contribution is -2.20. The molecule has 0 saturated carbocycles. The fourth-order valence-corrected chi connectivity index (χ4v) is 1.91. The number of aliphatic imine (C=N–C) groups is 1. The summed E-state index contributed by atoms with van der Waals surface area (Å²) in [4.78, 5) is 12.9. The molecular formula is C18H15N5O. The number of phenolic OH excluding ortho intramolecular Hbond substituents is 1. The number of nitrogens with one attached hydrogen (secondary N) is 1. The van der Waals surface area contributed by atoms with Crippen LogP contribution < -0.4 is 5.43 Å². The first kappa shape index (κ1) is 15.4. The number of hydrogen-bond donors (Lipinski definition) is 2. The third-order valence-corrected chi connectivity index (χ3v) is 3.06. The van der Waals surface area contributed by atoms with Crippen LogP contribution in [0.15, 0.2) is 83.2 Å². The average molecular weight is 317 g/mol. The second kappa shape index (κ2) is 7.64. The molecule has 2 N–H and O–H groups in total. The lowest BCUT2D eigenvalue weighted by Gasteiger charge is -2.04. The number of pyridine rings is 2. The van der Waals surface area contributed by atoms with Gasteiger partial charge >= 0.3 is 0 Å². The molecule has 3 rings (SSSR count). The molecule has 6 nitrogen and oxygen atoms in total. The molecule has 0 radical (unpaired) electrons. The Bertz CT molecular complexity index is 830. The molecule has 118 valence electrons. The third-order valence-electron chi connectivity index (χ3n) is 3.06. The molecule has 0 aliphatic carbocycles. The summed E-state index contributed by atoms with van der Waals surface area (Å²) in [5, 5.41) is 13.5. The standard InChI is InChI=1S/C18H15N5O/c24-15-9-7-14(8-10-15)13-21-23-18(16-5-1-3-11-19-16)22-17-6-2-4-12-20-17/h1-13,24H,(H,20,22,23)/b21-13+. The van der Waals surface area contributed by atoms with Crippen molar-refractivity contribution in [3.63, 3.8) is 0 Å². The van der Waals surface area contributed by atoms with E-state index in [1.54, 1.807) is 48.9 Å². The smallest absolute Gasteiger partial charge is 0.174 e. The van der Waals surface area contributed by atoms with Gasteiger partial charge in [-0.2, -0.15) is 5.10 Å². The summed E-state index contributed by atoms with van der Waals surface area (Å²) >= 11 is 0. The van der Waals surface area contributed by atoms with Crippen LogP contribution in [0.4, 0.5) is 5.82 Å². The van der Waals surface area contributed by atoms with Crippen LogP contribution >= 0.6 is 0 Å². The van der Waals surface area contributed by atoms with Crippen LogP contribution in [0.2, 0.25) is 0 Å². The molecule has 0 amide bonds. The molecular weight excluding hydrogens is 302 g/mol. The highest BCUT2D eigenvalue weighted by Crippen LogP contribution is 2.09. The number of phenols is 1. The number of aromatic nitrogens is 2. The van der Waals surface area contributed by atoms with Gasteiger partial charge in [-0.3, -0.25) is 10.4 Å². The largest absolute Gasteiger partial charge is 0.508 e. The van der Waals surface area contributed by atoms with Gasteiger partial charge in [0.15, 0.2) is 11.7 Å². The molecule has 0 saturated heterocycles. The number of rotatable bonds is 4. The molecule has 0 aliphatic heterocycles. The van der Waals surface area contributed by atoms with Crippen LogP contribution in [0.5, 0.6) is 5.75 Å². The van der Waals surface area contributed by atoms with Crippen molar-refractivity contribution >= 4 is 17.9 Å². The summed E-state index contributed by atoms with van der Waals surface area (Å²) < 4.78 is 0. The van der Waals surface area contributed by atoms with Crippen LogP contribution in [0.25, 0.3) is 0 Å². The van der Waals surface area contributed by atoms with Gasteiger partial charge in [-0.1, -0.05) is 12.1 Å². The van der Waals surface area contributed by atoms with Crippen LogP contribution in [-0.2, 0) is 0 Å². The van der Waals surface area contributed by atoms with E-state index in [9.17, 15) is 5.11 Å². The van der Waals surface area contributed by atoms with E-state index < -0.39 is 0 Å². The summed E-state index contributed by atoms with van der Waals surface area (Å²) in [7, 11) is 0. The Morgan fingerprint density at radius 2 is 1.67 bits per heavy atom. The fraction of sp³-hybridized carbons (Fsp3) is 0. The highest BCUT2D eigenvalue weighted by atomic mass is 16.3. The first-order chi connectivity index (χ1) is 11.8. The van der Waals surface area contributed by atoms with Crippen molar-refractivity contribution in [2.24, 2.45) is 10.1 Å². The highest BCUT2D eigenvalue weighted by Gasteiger charge is 2.04. The molecule has 0 unspecified atom stereocenters. The number of amidine groups is 1. The van der Waals surface area contributed by atoms with Gasteiger partial charge in [0.05, 0.1) is 6.21 Å². The Hall–Kier alpha value is -3.54. The van der Waals surface area contributed by atoms with Crippen molar-refractivity contribution in [2.45, 2.75) is 0 Å². The van der Waals surface area contributed by atoms with Crippen LogP contribution in [0.3, 0.4) is 0 Å². The first-order valence-electron chi connectivity index (χ1n) is 7.30. The molecule has 24 heavy (non-hydrogen) atoms. The Balaban J connectivity index is 1.83. The van der Waals surface area contributed by atoms with E-state index in [0.717, 1.165) is 5.56 Å². The van der Waals surface area contributed by atoms with Gasteiger partial charge in [0, 0.05) is 12.4 Å². The fourth-order valence-electron chi connectivity index (χ4n) is 1.91. The number of hydrazone groups is 1. The van der Waals surface area contributed by atoms with Gasteiger partial charge in [0.1, 0.15) is 11.4 Å². The van der Waals surface area contributed by atoms with Crippen LogP contribution in [0, 0.1) is 0 Å². The second-order valence-corrected chi connectivity index (χ2v) is 4.82. The van der Waals surface area contributed by atoms with E-state index in [4.69, 9.17) is 0 Å². The normalized spacial score (nSPS) is 11.6. The van der Waals surface area contributed by atoms with E-state index >= 15 is 0 Å². The maximum atomic E-state index is 9.29. The van der Waals surface area contributed by atoms with Gasteiger partial charge in [0.2, 0.25) is 0 Å². The summed E-state index contributed by atoms with van der Waals surface area (Å²) in [6, 6.07) is 17.8. The molecule has 2 aromatic heterocycles. The summed E-state index contributed by atoms with van der Waals surface area (Å²) in [5.41, 5.74) is 4.41. The summed E-state index contributed by atoms with van der Waals surface area (Å²) in [6.07, 6.45) is 5.00. The van der Waals surface area contributed by atoms with E-state index in [-0.39, 0.29) is 5.75 Å². The molecule has 1 aromatic carbocycles. The lowest BCUT2D eigenvalue weighted by atomic mass is 10.2. The van der Waals surface area contributed by atoms with E-state index in [1.807, 2.05) is 30.3 Å². The van der Waals surface area contributed by atoms with Gasteiger partial charge in [-0.15, -0.1) is 0 Å². The Morgan fingerprint density at radius 3 is 2.33 bits per heavy atom. The van der Waals surface area contributed by atoms with Crippen molar-refractivity contribution in [2.75, 3.05) is 0 Å². The third kappa shape index (κ3) is 4.23. The Labute approximate surface area is 139 Å². The minimum atomic E-state index is 0.214. The predicted octanol–water partition coefficient (Wildman–Crippen LogP) is 2.88. The molecule has 2 heterocycles. The van der Waals surface area contributed by atoms with Crippen molar-refractivity contribution in [1.82, 2.24) is 15.4 Å². The van der Waals surface area contributed by atoms with E-state index in [0.29, 0.717) is 17.3 Å². The second-order valence-electron chi connectivity index (χ2n) is 4.82. The Morgan fingerprint density at radius 1 is 0.917 bits per heavy atom. The Kier molecular flexibility index (Phi) is 4.89. The zero-order valence-electron chi connectivity index (χ0n) is 12.7. The van der Waals surface area contributed by atoms with Crippen molar-refractivity contribution < 1.29 is 5.11 Å². The van der Waals surface area contributed by atoms with Crippen molar-refractivity contribution in [1.29, 1.82) is 0 Å². The van der Waals surface area contributed by atoms with Gasteiger partial charge in [-0.25, -0.2) is 9.98 Å². The summed E-state index contributed by atoms with van der Waals surface area (Å²) in [5.74, 6) is 1.26. The zero-order valence-corrected chi connectivity index (χ0v) is 12.7. The molecule has 3 aromatic rings. The average Bonchev–Trinajstić information content (AvgIpc) is 2.64. The molecule has 0 atom stereocenters. The zero-order chi connectivity index (χ0) is 16.6. The molecule has 0 spiro atoms. The molecule has 0 bridgehead atoms. The SMILES string of the molecule is Oc1ccc(/C=N/N/C(=N\c2ccccn2)c2ccccn2)cc1. The summed E-state index contributed by atoms with van der Waals surface area (Å²) in [6.45, 7) is 0. The minimum Gasteiger partial charge on any atom is -0.508 e. The van der Waals surface area contributed by atoms with E-state index in [1.165, 1.54) is 0 Å². The number of benzene rings is 1. The maximum absolute atomic E-state index is 9.29. The maximum Gasteiger partial charge on any atom is 0.174 e. The molecule has 6 heteroatoms. The minimum absolute atomic E-state index is 0.214. The van der Waals surface area contributed by atoms with Crippen molar-refractivity contribution in [3.8, 4) is 5.75 Å². The first-order valence-corrected chi connectivity index (χ1v) is 7.30. The number of aromatic hydroxyl groups is 1. The van der Waals surface area contributed by atoms with Gasteiger partial charge < -0.3 is 5.11 Å². The molecule has 0 aliphatic rings. The van der Waals surface area contributed by atoms with Crippen LogP contribution in [-0.4, -0.2) is 27.1 Å². The van der Waals surface area contributed by atoms with Crippen molar-refractivity contribution in [3.05, 3.63) is 84.3 Å². The molecule has 0 fully saturated rings. The number of hydrogen-bond acceptors (Lipinski definition) is 5. The highest BCUT2D eigenvalue weighted by molar-refractivity contribution is 5.98. The lowest BCUT2D eigenvalue weighted by molar-refractivity contribution is 0.475. The monoisotopic (exact) mass is 317 g/mol. The number of nitrogens with zero attached hydrogens (tertiary/aromatic N) is 4. The quantitative estimate of drug-likeness (QED) is 0.440. The van der Waals surface area contributed by atoms with Crippen LogP contribution in [0.1, 0.15) is 11.3 Å².